The zero-order valence-electron chi connectivity index (χ0n) is 17.0. The Bertz CT molecular complexity index is 1130. The van der Waals surface area contributed by atoms with Crippen molar-refractivity contribution in [2.24, 2.45) is 0 Å². The first-order valence-corrected chi connectivity index (χ1v) is 12.2. The van der Waals surface area contributed by atoms with E-state index in [1.807, 2.05) is 0 Å². The zero-order chi connectivity index (χ0) is 23.5. The van der Waals surface area contributed by atoms with E-state index in [1.54, 1.807) is 18.2 Å². The summed E-state index contributed by atoms with van der Waals surface area (Å²) in [4.78, 5) is 12.6. The van der Waals surface area contributed by atoms with Gasteiger partial charge in [-0.05, 0) is 41.0 Å². The van der Waals surface area contributed by atoms with Crippen molar-refractivity contribution < 1.29 is 22.0 Å². The Morgan fingerprint density at radius 3 is 1.69 bits per heavy atom. The Morgan fingerprint density at radius 1 is 0.812 bits per heavy atom. The lowest BCUT2D eigenvalue weighted by molar-refractivity contribution is -0.143. The van der Waals surface area contributed by atoms with E-state index in [9.17, 15) is 22.0 Å². The SMILES string of the molecule is C[C@H](c1ccccc1)C(F)(F)C(=O)CS(=O)(=O)C(c1ccc(Cl)cc1)c1ccc(Cl)cc1. The van der Waals surface area contributed by atoms with E-state index in [4.69, 9.17) is 23.2 Å². The molecule has 0 aliphatic carbocycles. The van der Waals surface area contributed by atoms with E-state index in [0.717, 1.165) is 0 Å². The van der Waals surface area contributed by atoms with Gasteiger partial charge in [-0.15, -0.1) is 0 Å². The number of rotatable bonds is 8. The van der Waals surface area contributed by atoms with Gasteiger partial charge in [-0.3, -0.25) is 4.79 Å². The molecule has 0 unspecified atom stereocenters. The van der Waals surface area contributed by atoms with Gasteiger partial charge >= 0.3 is 5.92 Å². The molecule has 3 aromatic carbocycles. The van der Waals surface area contributed by atoms with Gasteiger partial charge in [0.2, 0.25) is 5.78 Å². The summed E-state index contributed by atoms with van der Waals surface area (Å²) in [6, 6.07) is 19.8. The van der Waals surface area contributed by atoms with Gasteiger partial charge in [-0.2, -0.15) is 8.78 Å². The van der Waals surface area contributed by atoms with Crippen LogP contribution >= 0.6 is 23.2 Å². The number of Topliss-reactive ketones (excluding diaryl/α,β-unsaturated/α-hetero) is 1. The van der Waals surface area contributed by atoms with Crippen LogP contribution in [0.1, 0.15) is 34.8 Å². The minimum absolute atomic E-state index is 0.246. The molecule has 0 aliphatic rings. The number of sulfone groups is 1. The molecule has 0 radical (unpaired) electrons. The number of benzene rings is 3. The van der Waals surface area contributed by atoms with Gasteiger partial charge in [0.1, 0.15) is 11.0 Å². The van der Waals surface area contributed by atoms with Crippen LogP contribution in [-0.2, 0) is 14.6 Å². The predicted molar refractivity (Wildman–Crippen MR) is 123 cm³/mol. The Hall–Kier alpha value is -2.28. The fraction of sp³-hybridized carbons (Fsp3) is 0.208. The third-order valence-electron chi connectivity index (χ3n) is 5.25. The first kappa shape index (κ1) is 24.4. The first-order chi connectivity index (χ1) is 15.0. The third kappa shape index (κ3) is 5.37. The maximum atomic E-state index is 15.0. The van der Waals surface area contributed by atoms with Crippen LogP contribution in [0, 0.1) is 0 Å². The molecule has 0 spiro atoms. The van der Waals surface area contributed by atoms with Crippen molar-refractivity contribution in [3.63, 3.8) is 0 Å². The minimum Gasteiger partial charge on any atom is -0.292 e. The molecule has 168 valence electrons. The highest BCUT2D eigenvalue weighted by atomic mass is 35.5. The highest BCUT2D eigenvalue weighted by molar-refractivity contribution is 7.92. The third-order valence-corrected chi connectivity index (χ3v) is 7.68. The smallest absolute Gasteiger partial charge is 0.292 e. The van der Waals surface area contributed by atoms with Gasteiger partial charge in [0.15, 0.2) is 9.84 Å². The summed E-state index contributed by atoms with van der Waals surface area (Å²) in [6.45, 7) is 1.20. The van der Waals surface area contributed by atoms with Crippen molar-refractivity contribution in [3.05, 3.63) is 106 Å². The summed E-state index contributed by atoms with van der Waals surface area (Å²) in [5.74, 6) is -8.30. The molecule has 0 bridgehead atoms. The molecule has 32 heavy (non-hydrogen) atoms. The fourth-order valence-electron chi connectivity index (χ4n) is 3.44. The Kier molecular flexibility index (Phi) is 7.38. The van der Waals surface area contributed by atoms with Crippen LogP contribution in [-0.4, -0.2) is 25.9 Å². The Morgan fingerprint density at radius 2 is 1.25 bits per heavy atom. The summed E-state index contributed by atoms with van der Waals surface area (Å²) in [5, 5.41) is -0.551. The van der Waals surface area contributed by atoms with Gasteiger partial charge in [-0.25, -0.2) is 8.42 Å². The molecular formula is C24H20Cl2F2O3S. The Labute approximate surface area is 195 Å². The number of hydrogen-bond acceptors (Lipinski definition) is 3. The number of carbonyl (C=O) groups is 1. The monoisotopic (exact) mass is 496 g/mol. The van der Waals surface area contributed by atoms with Crippen molar-refractivity contribution >= 4 is 38.8 Å². The lowest BCUT2D eigenvalue weighted by Gasteiger charge is -2.24. The standard InChI is InChI=1S/C24H20Cl2F2O3S/c1-16(17-5-3-2-4-6-17)24(27,28)22(29)15-32(30,31)23(18-7-11-20(25)12-8-18)19-9-13-21(26)14-10-19/h2-14,16,23H,15H2,1H3/t16-/m1/s1. The molecule has 0 fully saturated rings. The van der Waals surface area contributed by atoms with Crippen LogP contribution in [0.25, 0.3) is 0 Å². The summed E-state index contributed by atoms with van der Waals surface area (Å²) >= 11 is 11.8. The minimum atomic E-state index is -4.37. The zero-order valence-corrected chi connectivity index (χ0v) is 19.3. The number of halogens is 4. The van der Waals surface area contributed by atoms with Gasteiger partial charge in [-0.1, -0.05) is 84.7 Å². The van der Waals surface area contributed by atoms with Crippen molar-refractivity contribution in [2.45, 2.75) is 24.0 Å². The van der Waals surface area contributed by atoms with Crippen LogP contribution in [0.3, 0.4) is 0 Å². The molecule has 0 saturated heterocycles. The molecule has 0 aromatic heterocycles. The first-order valence-electron chi connectivity index (χ1n) is 9.71. The summed E-state index contributed by atoms with van der Waals surface area (Å²) < 4.78 is 56.5. The molecule has 0 heterocycles. The molecule has 3 rings (SSSR count). The van der Waals surface area contributed by atoms with E-state index >= 15 is 0 Å². The van der Waals surface area contributed by atoms with Crippen molar-refractivity contribution in [3.8, 4) is 0 Å². The molecule has 8 heteroatoms. The molecule has 3 aromatic rings. The van der Waals surface area contributed by atoms with Crippen molar-refractivity contribution in [2.75, 3.05) is 5.75 Å². The number of carbonyl (C=O) groups excluding carboxylic acids is 1. The molecule has 0 saturated carbocycles. The van der Waals surface area contributed by atoms with Crippen molar-refractivity contribution in [1.82, 2.24) is 0 Å². The van der Waals surface area contributed by atoms with Gasteiger partial charge in [0, 0.05) is 10.0 Å². The maximum absolute atomic E-state index is 15.0. The molecule has 0 aliphatic heterocycles. The van der Waals surface area contributed by atoms with E-state index in [-0.39, 0.29) is 5.56 Å². The van der Waals surface area contributed by atoms with Crippen LogP contribution in [0.4, 0.5) is 8.78 Å². The highest BCUT2D eigenvalue weighted by Crippen LogP contribution is 2.37. The fourth-order valence-corrected chi connectivity index (χ4v) is 5.56. The summed E-state index contributed by atoms with van der Waals surface area (Å²) in [5.41, 5.74) is 0.864. The normalized spacial score (nSPS) is 13.2. The largest absolute Gasteiger partial charge is 0.312 e. The second kappa shape index (κ2) is 9.69. The second-order valence-corrected chi connectivity index (χ2v) is 10.4. The maximum Gasteiger partial charge on any atom is 0.312 e. The van der Waals surface area contributed by atoms with Gasteiger partial charge in [0.25, 0.3) is 0 Å². The summed E-state index contributed by atoms with van der Waals surface area (Å²) in [6.07, 6.45) is 0. The van der Waals surface area contributed by atoms with Gasteiger partial charge < -0.3 is 0 Å². The van der Waals surface area contributed by atoms with E-state index in [2.05, 4.69) is 0 Å². The van der Waals surface area contributed by atoms with E-state index < -0.39 is 38.5 Å². The van der Waals surface area contributed by atoms with Crippen LogP contribution in [0.2, 0.25) is 10.0 Å². The Balaban J connectivity index is 1.96. The average Bonchev–Trinajstić information content (AvgIpc) is 2.76. The number of ketones is 1. The topological polar surface area (TPSA) is 51.2 Å². The van der Waals surface area contributed by atoms with Gasteiger partial charge in [0.05, 0.1) is 5.92 Å². The molecule has 3 nitrogen and oxygen atoms in total. The predicted octanol–water partition coefficient (Wildman–Crippen LogP) is 6.51. The number of alkyl halides is 2. The second-order valence-electron chi connectivity index (χ2n) is 7.47. The summed E-state index contributed by atoms with van der Waals surface area (Å²) in [7, 11) is -4.37. The van der Waals surface area contributed by atoms with E-state index in [0.29, 0.717) is 21.2 Å². The molecule has 0 N–H and O–H groups in total. The quantitative estimate of drug-likeness (QED) is 0.357. The van der Waals surface area contributed by atoms with Crippen molar-refractivity contribution in [1.29, 1.82) is 0 Å². The highest BCUT2D eigenvalue weighted by Gasteiger charge is 2.47. The molecule has 0 amide bonds. The van der Waals surface area contributed by atoms with Crippen LogP contribution in [0.5, 0.6) is 0 Å². The lowest BCUT2D eigenvalue weighted by Crippen LogP contribution is -2.39. The average molecular weight is 497 g/mol. The lowest BCUT2D eigenvalue weighted by atomic mass is 9.92. The van der Waals surface area contributed by atoms with E-state index in [1.165, 1.54) is 67.6 Å². The van der Waals surface area contributed by atoms with Crippen LogP contribution in [0.15, 0.2) is 78.9 Å². The molecular weight excluding hydrogens is 477 g/mol. The number of hydrogen-bond donors (Lipinski definition) is 0. The molecule has 1 atom stereocenters. The van der Waals surface area contributed by atoms with Crippen LogP contribution < -0.4 is 0 Å².